The van der Waals surface area contributed by atoms with Crippen molar-refractivity contribution in [2.45, 2.75) is 119 Å². The number of hydrogen-bond acceptors (Lipinski definition) is 4. The maximum Gasteiger partial charge on any atom is 0.313 e. The van der Waals surface area contributed by atoms with Gasteiger partial charge in [-0.2, -0.15) is 0 Å². The van der Waals surface area contributed by atoms with Crippen molar-refractivity contribution in [1.29, 1.82) is 0 Å². The monoisotopic (exact) mass is 540 g/mol. The highest BCUT2D eigenvalue weighted by Gasteiger charge is 2.13. The van der Waals surface area contributed by atoms with Gasteiger partial charge in [-0.15, -0.1) is 0 Å². The fraction of sp³-hybridized carbons (Fsp3) is 0.562. The van der Waals surface area contributed by atoms with Crippen LogP contribution in [0.3, 0.4) is 0 Å². The van der Waals surface area contributed by atoms with Crippen molar-refractivity contribution in [2.24, 2.45) is 0 Å². The normalized spacial score (nSPS) is 10.9. The Balaban J connectivity index is 1.42. The van der Waals surface area contributed by atoms with Crippen LogP contribution in [0.2, 0.25) is 0 Å². The van der Waals surface area contributed by atoms with Crippen LogP contribution < -0.4 is 10.6 Å². The molecule has 0 aliphatic rings. The average molecular weight is 541 g/mol. The van der Waals surface area contributed by atoms with Gasteiger partial charge in [-0.25, -0.2) is 0 Å². The molecule has 2 amide bonds. The molecule has 2 aromatic carbocycles. The molecule has 0 bridgehead atoms. The summed E-state index contributed by atoms with van der Waals surface area (Å²) in [5.74, 6) is -0.991. The molecule has 0 aromatic heterocycles. The number of phenols is 1. The minimum absolute atomic E-state index is 0.237. The summed E-state index contributed by atoms with van der Waals surface area (Å²) in [5.41, 5.74) is 0.586. The van der Waals surface area contributed by atoms with Crippen LogP contribution >= 0.6 is 11.8 Å². The molecule has 0 unspecified atom stereocenters. The summed E-state index contributed by atoms with van der Waals surface area (Å²) in [6, 6.07) is 14.3. The van der Waals surface area contributed by atoms with Crippen LogP contribution in [-0.2, 0) is 9.59 Å². The van der Waals surface area contributed by atoms with Gasteiger partial charge >= 0.3 is 11.8 Å². The second-order valence-corrected chi connectivity index (χ2v) is 11.3. The van der Waals surface area contributed by atoms with E-state index in [1.165, 1.54) is 89.9 Å². The van der Waals surface area contributed by atoms with E-state index in [4.69, 9.17) is 0 Å². The molecule has 0 saturated heterocycles. The SMILES string of the molecule is CCCCCCCCCCCCCCCCCCNC(=O)C(=O)Nc1ccc(Sc2ccc(O)cc2)cc1. The lowest BCUT2D eigenvalue weighted by atomic mass is 10.0. The van der Waals surface area contributed by atoms with E-state index in [0.29, 0.717) is 12.2 Å². The molecular weight excluding hydrogens is 492 g/mol. The van der Waals surface area contributed by atoms with Gasteiger partial charge in [-0.05, 0) is 55.0 Å². The second-order valence-electron chi connectivity index (χ2n) is 10.1. The molecule has 6 heteroatoms. The quantitative estimate of drug-likeness (QED) is 0.116. The third kappa shape index (κ3) is 15.1. The van der Waals surface area contributed by atoms with Crippen molar-refractivity contribution < 1.29 is 14.7 Å². The Morgan fingerprint density at radius 2 is 1.03 bits per heavy atom. The van der Waals surface area contributed by atoms with Gasteiger partial charge in [0.1, 0.15) is 5.75 Å². The largest absolute Gasteiger partial charge is 0.508 e. The molecule has 0 saturated carbocycles. The Bertz CT molecular complexity index is 900. The molecule has 0 aliphatic carbocycles. The van der Waals surface area contributed by atoms with E-state index in [1.807, 2.05) is 24.3 Å². The number of nitrogens with one attached hydrogen (secondary N) is 2. The Morgan fingerprint density at radius 3 is 1.50 bits per heavy atom. The predicted molar refractivity (Wildman–Crippen MR) is 160 cm³/mol. The van der Waals surface area contributed by atoms with E-state index >= 15 is 0 Å². The number of hydrogen-bond donors (Lipinski definition) is 3. The molecule has 38 heavy (non-hydrogen) atoms. The summed E-state index contributed by atoms with van der Waals surface area (Å²) in [7, 11) is 0. The van der Waals surface area contributed by atoms with Gasteiger partial charge < -0.3 is 15.7 Å². The number of rotatable bonds is 20. The van der Waals surface area contributed by atoms with Crippen LogP contribution in [0, 0.1) is 0 Å². The van der Waals surface area contributed by atoms with Gasteiger partial charge in [0.05, 0.1) is 0 Å². The molecule has 2 aromatic rings. The standard InChI is InChI=1S/C32H48N2O3S/c1-2-3-4-5-6-7-8-9-10-11-12-13-14-15-16-17-26-33-31(36)32(37)34-27-18-22-29(23-19-27)38-30-24-20-28(35)21-25-30/h18-25,35H,2-17,26H2,1H3,(H,33,36)(H,34,37). The molecule has 0 radical (unpaired) electrons. The zero-order valence-corrected chi connectivity index (χ0v) is 24.1. The molecule has 210 valence electrons. The number of anilines is 1. The van der Waals surface area contributed by atoms with Crippen molar-refractivity contribution in [1.82, 2.24) is 5.32 Å². The zero-order valence-electron chi connectivity index (χ0n) is 23.3. The number of phenolic OH excluding ortho intramolecular Hbond substituents is 1. The lowest BCUT2D eigenvalue weighted by Crippen LogP contribution is -2.35. The Kier molecular flexibility index (Phi) is 17.1. The number of amides is 2. The minimum Gasteiger partial charge on any atom is -0.508 e. The van der Waals surface area contributed by atoms with Crippen molar-refractivity contribution in [2.75, 3.05) is 11.9 Å². The van der Waals surface area contributed by atoms with Crippen molar-refractivity contribution in [3.63, 3.8) is 0 Å². The number of unbranched alkanes of at least 4 members (excludes halogenated alkanes) is 15. The Hall–Kier alpha value is -2.47. The molecule has 0 fully saturated rings. The molecule has 2 rings (SSSR count). The lowest BCUT2D eigenvalue weighted by molar-refractivity contribution is -0.136. The van der Waals surface area contributed by atoms with E-state index in [0.717, 1.165) is 22.6 Å². The molecule has 0 atom stereocenters. The van der Waals surface area contributed by atoms with Crippen molar-refractivity contribution in [3.05, 3.63) is 48.5 Å². The smallest absolute Gasteiger partial charge is 0.313 e. The topological polar surface area (TPSA) is 78.4 Å². The molecule has 0 spiro atoms. The fourth-order valence-corrected chi connectivity index (χ4v) is 5.22. The maximum atomic E-state index is 12.2. The van der Waals surface area contributed by atoms with Crippen LogP contribution in [-0.4, -0.2) is 23.5 Å². The Labute approximate surface area is 234 Å². The first kappa shape index (κ1) is 31.7. The highest BCUT2D eigenvalue weighted by atomic mass is 32.2. The maximum absolute atomic E-state index is 12.2. The molecule has 0 heterocycles. The van der Waals surface area contributed by atoms with Crippen LogP contribution in [0.4, 0.5) is 5.69 Å². The number of benzene rings is 2. The molecule has 3 N–H and O–H groups in total. The van der Waals surface area contributed by atoms with Crippen LogP contribution in [0.25, 0.3) is 0 Å². The number of carbonyl (C=O) groups excluding carboxylic acids is 2. The first-order valence-electron chi connectivity index (χ1n) is 14.7. The number of carbonyl (C=O) groups is 2. The van der Waals surface area contributed by atoms with Gasteiger partial charge in [0.25, 0.3) is 0 Å². The van der Waals surface area contributed by atoms with Crippen LogP contribution in [0.15, 0.2) is 58.3 Å². The first-order valence-corrected chi connectivity index (χ1v) is 15.6. The van der Waals surface area contributed by atoms with Gasteiger partial charge in [-0.1, -0.05) is 115 Å². The van der Waals surface area contributed by atoms with Crippen molar-refractivity contribution in [3.8, 4) is 5.75 Å². The molecule has 5 nitrogen and oxygen atoms in total. The minimum atomic E-state index is -0.638. The second kappa shape index (κ2) is 20.5. The lowest BCUT2D eigenvalue weighted by Gasteiger charge is -2.08. The fourth-order valence-electron chi connectivity index (χ4n) is 4.40. The summed E-state index contributed by atoms with van der Waals surface area (Å²) in [6.07, 6.45) is 21.0. The first-order chi connectivity index (χ1) is 18.6. The summed E-state index contributed by atoms with van der Waals surface area (Å²) < 4.78 is 0. The third-order valence-electron chi connectivity index (χ3n) is 6.71. The van der Waals surface area contributed by atoms with E-state index in [-0.39, 0.29) is 5.75 Å². The highest BCUT2D eigenvalue weighted by Crippen LogP contribution is 2.29. The van der Waals surface area contributed by atoms with E-state index in [2.05, 4.69) is 17.6 Å². The highest BCUT2D eigenvalue weighted by molar-refractivity contribution is 7.99. The third-order valence-corrected chi connectivity index (χ3v) is 7.72. The summed E-state index contributed by atoms with van der Waals surface area (Å²) in [4.78, 5) is 26.3. The van der Waals surface area contributed by atoms with Gasteiger partial charge in [-0.3, -0.25) is 9.59 Å². The van der Waals surface area contributed by atoms with E-state index < -0.39 is 11.8 Å². The van der Waals surface area contributed by atoms with Crippen LogP contribution in [0.1, 0.15) is 110 Å². The summed E-state index contributed by atoms with van der Waals surface area (Å²) in [6.45, 7) is 2.81. The predicted octanol–water partition coefficient (Wildman–Crippen LogP) is 8.86. The molecule has 0 aliphatic heterocycles. The summed E-state index contributed by atoms with van der Waals surface area (Å²) in [5, 5.41) is 14.8. The summed E-state index contributed by atoms with van der Waals surface area (Å²) >= 11 is 1.56. The number of aromatic hydroxyl groups is 1. The van der Waals surface area contributed by atoms with Crippen LogP contribution in [0.5, 0.6) is 5.75 Å². The van der Waals surface area contributed by atoms with Crippen molar-refractivity contribution >= 4 is 29.3 Å². The van der Waals surface area contributed by atoms with Gasteiger partial charge in [0.15, 0.2) is 0 Å². The van der Waals surface area contributed by atoms with Gasteiger partial charge in [0, 0.05) is 22.0 Å². The van der Waals surface area contributed by atoms with Gasteiger partial charge in [0.2, 0.25) is 0 Å². The average Bonchev–Trinajstić information content (AvgIpc) is 2.92. The zero-order chi connectivity index (χ0) is 27.3. The Morgan fingerprint density at radius 1 is 0.605 bits per heavy atom. The van der Waals surface area contributed by atoms with E-state index in [9.17, 15) is 14.7 Å². The molecular formula is C32H48N2O3S. The van der Waals surface area contributed by atoms with E-state index in [1.54, 1.807) is 36.0 Å².